The first-order valence-corrected chi connectivity index (χ1v) is 7.09. The van der Waals surface area contributed by atoms with Gasteiger partial charge in [-0.3, -0.25) is 5.41 Å². The molecule has 0 saturated carbocycles. The molecule has 1 rings (SSSR count). The summed E-state index contributed by atoms with van der Waals surface area (Å²) in [6.07, 6.45) is 7.69. The molecule has 0 spiro atoms. The lowest BCUT2D eigenvalue weighted by Gasteiger charge is -2.21. The Labute approximate surface area is 127 Å². The molecule has 2 N–H and O–H groups in total. The Morgan fingerprint density at radius 1 is 1.38 bits per heavy atom. The van der Waals surface area contributed by atoms with Crippen LogP contribution in [0.4, 0.5) is 0 Å². The zero-order chi connectivity index (χ0) is 15.7. The zero-order valence-electron chi connectivity index (χ0n) is 12.8. The molecule has 1 unspecified atom stereocenters. The molecule has 1 aromatic rings. The summed E-state index contributed by atoms with van der Waals surface area (Å²) in [7, 11) is 1.93. The van der Waals surface area contributed by atoms with Crippen LogP contribution < -0.4 is 0 Å². The van der Waals surface area contributed by atoms with Crippen LogP contribution in [-0.4, -0.2) is 29.4 Å². The quantitative estimate of drug-likeness (QED) is 0.342. The molecule has 3 nitrogen and oxygen atoms in total. The summed E-state index contributed by atoms with van der Waals surface area (Å²) in [4.78, 5) is 1.94. The van der Waals surface area contributed by atoms with Gasteiger partial charge in [0, 0.05) is 19.2 Å². The second-order valence-corrected chi connectivity index (χ2v) is 5.09. The minimum Gasteiger partial charge on any atom is -0.508 e. The largest absolute Gasteiger partial charge is 0.508 e. The van der Waals surface area contributed by atoms with E-state index < -0.39 is 0 Å². The number of amidine groups is 1. The molecular formula is C18H24N2O. The summed E-state index contributed by atoms with van der Waals surface area (Å²) in [5.41, 5.74) is 0.926. The Bertz CT molecular complexity index is 517. The topological polar surface area (TPSA) is 47.3 Å². The van der Waals surface area contributed by atoms with Crippen LogP contribution in [0.25, 0.3) is 0 Å². The smallest absolute Gasteiger partial charge is 0.127 e. The van der Waals surface area contributed by atoms with Gasteiger partial charge in [0.25, 0.3) is 0 Å². The number of hydrogen-bond donors (Lipinski definition) is 2. The lowest BCUT2D eigenvalue weighted by atomic mass is 10.1. The lowest BCUT2D eigenvalue weighted by molar-refractivity contribution is 0.428. The van der Waals surface area contributed by atoms with Gasteiger partial charge in [-0.05, 0) is 24.5 Å². The number of allylic oxidation sites excluding steroid dienone is 4. The van der Waals surface area contributed by atoms with Crippen molar-refractivity contribution >= 4 is 5.84 Å². The van der Waals surface area contributed by atoms with Crippen molar-refractivity contribution in [2.24, 2.45) is 5.92 Å². The van der Waals surface area contributed by atoms with E-state index >= 15 is 0 Å². The molecule has 112 valence electrons. The van der Waals surface area contributed by atoms with Gasteiger partial charge in [-0.1, -0.05) is 56.0 Å². The van der Waals surface area contributed by atoms with Crippen molar-refractivity contribution in [1.29, 1.82) is 5.41 Å². The van der Waals surface area contributed by atoms with Crippen molar-refractivity contribution in [3.63, 3.8) is 0 Å². The van der Waals surface area contributed by atoms with Crippen LogP contribution in [0, 0.1) is 11.3 Å². The Morgan fingerprint density at radius 2 is 2.05 bits per heavy atom. The van der Waals surface area contributed by atoms with Gasteiger partial charge < -0.3 is 10.0 Å². The molecule has 0 aliphatic rings. The highest BCUT2D eigenvalue weighted by molar-refractivity contribution is 5.96. The Hall–Kier alpha value is -2.29. The van der Waals surface area contributed by atoms with E-state index in [2.05, 4.69) is 13.5 Å². The lowest BCUT2D eigenvalue weighted by Crippen LogP contribution is -2.28. The highest BCUT2D eigenvalue weighted by Crippen LogP contribution is 2.09. The molecule has 0 radical (unpaired) electrons. The van der Waals surface area contributed by atoms with E-state index in [0.29, 0.717) is 11.8 Å². The van der Waals surface area contributed by atoms with E-state index in [9.17, 15) is 5.11 Å². The third-order valence-corrected chi connectivity index (χ3v) is 3.23. The van der Waals surface area contributed by atoms with Gasteiger partial charge >= 0.3 is 0 Å². The van der Waals surface area contributed by atoms with Gasteiger partial charge in [-0.25, -0.2) is 0 Å². The Morgan fingerprint density at radius 3 is 2.67 bits per heavy atom. The SMILES string of the molecule is C=C/C=C(O)\C=C/C(C)CCN(C)C(=N)c1ccccc1. The van der Waals surface area contributed by atoms with Gasteiger partial charge in [0.05, 0.1) is 0 Å². The maximum Gasteiger partial charge on any atom is 0.127 e. The number of nitrogens with zero attached hydrogens (tertiary/aromatic N) is 1. The minimum atomic E-state index is 0.210. The molecule has 0 aliphatic heterocycles. The summed E-state index contributed by atoms with van der Waals surface area (Å²) in [5, 5.41) is 17.6. The number of rotatable bonds is 7. The zero-order valence-corrected chi connectivity index (χ0v) is 12.8. The van der Waals surface area contributed by atoms with Crippen LogP contribution in [0.1, 0.15) is 18.9 Å². The van der Waals surface area contributed by atoms with E-state index in [1.54, 1.807) is 18.2 Å². The Balaban J connectivity index is 2.46. The molecule has 0 fully saturated rings. The van der Waals surface area contributed by atoms with Crippen LogP contribution in [0.15, 0.2) is 67.0 Å². The molecular weight excluding hydrogens is 260 g/mol. The summed E-state index contributed by atoms with van der Waals surface area (Å²) in [5.74, 6) is 1.07. The van der Waals surface area contributed by atoms with Crippen molar-refractivity contribution in [2.75, 3.05) is 13.6 Å². The minimum absolute atomic E-state index is 0.210. The molecule has 0 bridgehead atoms. The second kappa shape index (κ2) is 8.80. The monoisotopic (exact) mass is 284 g/mol. The van der Waals surface area contributed by atoms with Crippen molar-refractivity contribution in [3.05, 3.63) is 72.5 Å². The standard InChI is InChI=1S/C18H24N2O/c1-4-8-17(21)12-11-15(2)13-14-20(3)18(19)16-9-6-5-7-10-16/h4-12,15,19,21H,1,13-14H2,2-3H3/b12-11-,17-8+,19-18?. The van der Waals surface area contributed by atoms with E-state index in [1.807, 2.05) is 48.4 Å². The van der Waals surface area contributed by atoms with Crippen molar-refractivity contribution in [2.45, 2.75) is 13.3 Å². The number of aliphatic hydroxyl groups is 1. The maximum atomic E-state index is 9.47. The van der Waals surface area contributed by atoms with Gasteiger partial charge in [-0.15, -0.1) is 0 Å². The molecule has 3 heteroatoms. The molecule has 0 aliphatic carbocycles. The molecule has 0 aromatic heterocycles. The summed E-state index contributed by atoms with van der Waals surface area (Å²) in [6, 6.07) is 9.73. The number of nitrogens with one attached hydrogen (secondary N) is 1. The predicted octanol–water partition coefficient (Wildman–Crippen LogP) is 4.15. The highest BCUT2D eigenvalue weighted by Gasteiger charge is 2.08. The molecule has 1 aromatic carbocycles. The fraction of sp³-hybridized carbons (Fsp3) is 0.278. The van der Waals surface area contributed by atoms with Crippen LogP contribution in [0.2, 0.25) is 0 Å². The predicted molar refractivity (Wildman–Crippen MR) is 89.7 cm³/mol. The number of hydrogen-bond acceptors (Lipinski definition) is 2. The van der Waals surface area contributed by atoms with Crippen LogP contribution >= 0.6 is 0 Å². The van der Waals surface area contributed by atoms with E-state index in [4.69, 9.17) is 5.41 Å². The average molecular weight is 284 g/mol. The second-order valence-electron chi connectivity index (χ2n) is 5.09. The van der Waals surface area contributed by atoms with Gasteiger partial charge in [-0.2, -0.15) is 0 Å². The number of aliphatic hydroxyl groups excluding tert-OH is 1. The van der Waals surface area contributed by atoms with Gasteiger partial charge in [0.2, 0.25) is 0 Å². The van der Waals surface area contributed by atoms with E-state index in [0.717, 1.165) is 18.5 Å². The number of benzene rings is 1. The molecule has 0 amide bonds. The summed E-state index contributed by atoms with van der Waals surface area (Å²) >= 11 is 0. The first kappa shape index (κ1) is 16.8. The van der Waals surface area contributed by atoms with Crippen LogP contribution in [0.5, 0.6) is 0 Å². The summed E-state index contributed by atoms with van der Waals surface area (Å²) < 4.78 is 0. The molecule has 0 saturated heterocycles. The van der Waals surface area contributed by atoms with Crippen LogP contribution in [-0.2, 0) is 0 Å². The van der Waals surface area contributed by atoms with Gasteiger partial charge in [0.1, 0.15) is 11.6 Å². The third-order valence-electron chi connectivity index (χ3n) is 3.23. The van der Waals surface area contributed by atoms with Crippen molar-refractivity contribution in [1.82, 2.24) is 4.90 Å². The average Bonchev–Trinajstić information content (AvgIpc) is 2.51. The van der Waals surface area contributed by atoms with E-state index in [-0.39, 0.29) is 5.76 Å². The van der Waals surface area contributed by atoms with Crippen LogP contribution in [0.3, 0.4) is 0 Å². The van der Waals surface area contributed by atoms with Gasteiger partial charge in [0.15, 0.2) is 0 Å². The molecule has 1 atom stereocenters. The maximum absolute atomic E-state index is 9.47. The van der Waals surface area contributed by atoms with Crippen molar-refractivity contribution in [3.8, 4) is 0 Å². The first-order valence-electron chi connectivity index (χ1n) is 7.09. The fourth-order valence-electron chi connectivity index (χ4n) is 1.86. The third kappa shape index (κ3) is 6.13. The normalized spacial score (nSPS) is 13.1. The molecule has 21 heavy (non-hydrogen) atoms. The Kier molecular flexibility index (Phi) is 7.02. The highest BCUT2D eigenvalue weighted by atomic mass is 16.3. The van der Waals surface area contributed by atoms with E-state index in [1.165, 1.54) is 0 Å². The fourth-order valence-corrected chi connectivity index (χ4v) is 1.86. The molecule has 0 heterocycles. The first-order chi connectivity index (χ1) is 10.0. The summed E-state index contributed by atoms with van der Waals surface area (Å²) in [6.45, 7) is 6.43. The van der Waals surface area contributed by atoms with Crippen molar-refractivity contribution < 1.29 is 5.11 Å².